The van der Waals surface area contributed by atoms with Crippen molar-refractivity contribution in [3.8, 4) is 17.3 Å². The number of carbonyl (C=O) groups excluding carboxylic acids is 2. The highest BCUT2D eigenvalue weighted by molar-refractivity contribution is 7.18. The third kappa shape index (κ3) is 4.63. The van der Waals surface area contributed by atoms with E-state index >= 15 is 0 Å². The van der Waals surface area contributed by atoms with Crippen molar-refractivity contribution in [3.63, 3.8) is 0 Å². The normalized spacial score (nSPS) is 10.7. The Labute approximate surface area is 208 Å². The summed E-state index contributed by atoms with van der Waals surface area (Å²) in [5, 5.41) is 13.8. The predicted octanol–water partition coefficient (Wildman–Crippen LogP) is 5.58. The van der Waals surface area contributed by atoms with Crippen molar-refractivity contribution < 1.29 is 9.59 Å². The van der Waals surface area contributed by atoms with E-state index in [0.29, 0.717) is 56.3 Å². The lowest BCUT2D eigenvalue weighted by Gasteiger charge is -2.17. The maximum Gasteiger partial charge on any atom is 0.264 e. The molecule has 35 heavy (non-hydrogen) atoms. The Kier molecular flexibility index (Phi) is 6.90. The average Bonchev–Trinajstić information content (AvgIpc) is 3.19. The summed E-state index contributed by atoms with van der Waals surface area (Å²) in [4.78, 5) is 37.6. The zero-order valence-corrected chi connectivity index (χ0v) is 20.9. The van der Waals surface area contributed by atoms with E-state index in [1.165, 1.54) is 0 Å². The molecule has 0 saturated heterocycles. The number of benzene rings is 1. The van der Waals surface area contributed by atoms with Crippen molar-refractivity contribution in [1.29, 1.82) is 5.26 Å². The van der Waals surface area contributed by atoms with Crippen LogP contribution in [0.25, 0.3) is 22.2 Å². The summed E-state index contributed by atoms with van der Waals surface area (Å²) >= 11 is 1.14. The third-order valence-corrected chi connectivity index (χ3v) is 7.09. The van der Waals surface area contributed by atoms with Crippen molar-refractivity contribution in [2.75, 3.05) is 18.4 Å². The van der Waals surface area contributed by atoms with E-state index in [1.54, 1.807) is 30.3 Å². The molecule has 0 aliphatic carbocycles. The Bertz CT molecular complexity index is 1470. The Morgan fingerprint density at radius 2 is 1.91 bits per heavy atom. The van der Waals surface area contributed by atoms with E-state index in [-0.39, 0.29) is 11.8 Å². The quantitative estimate of drug-likeness (QED) is 0.386. The molecule has 0 spiro atoms. The van der Waals surface area contributed by atoms with Gasteiger partial charge in [0, 0.05) is 36.4 Å². The van der Waals surface area contributed by atoms with Gasteiger partial charge in [-0.1, -0.05) is 11.6 Å². The van der Waals surface area contributed by atoms with Gasteiger partial charge >= 0.3 is 0 Å². The molecule has 3 heterocycles. The summed E-state index contributed by atoms with van der Waals surface area (Å²) < 4.78 is 0. The molecule has 1 N–H and O–H groups in total. The van der Waals surface area contributed by atoms with Gasteiger partial charge in [-0.25, -0.2) is 4.98 Å². The minimum absolute atomic E-state index is 0.140. The number of nitrogens with zero attached hydrogens (tertiary/aromatic N) is 4. The molecule has 4 aromatic rings. The molecule has 0 bridgehead atoms. The second kappa shape index (κ2) is 10.0. The summed E-state index contributed by atoms with van der Waals surface area (Å²) in [6.07, 6.45) is 3.38. The maximum absolute atomic E-state index is 13.6. The summed E-state index contributed by atoms with van der Waals surface area (Å²) in [7, 11) is 0. The number of fused-ring (bicyclic) bond motifs is 1. The smallest absolute Gasteiger partial charge is 0.264 e. The van der Waals surface area contributed by atoms with E-state index in [2.05, 4.69) is 16.4 Å². The molecule has 0 atom stereocenters. The highest BCUT2D eigenvalue weighted by Crippen LogP contribution is 2.34. The molecule has 0 aliphatic rings. The molecule has 1 aromatic carbocycles. The zero-order chi connectivity index (χ0) is 25.1. The molecule has 2 amide bonds. The largest absolute Gasteiger partial charge is 0.338 e. The highest BCUT2D eigenvalue weighted by Gasteiger charge is 2.25. The van der Waals surface area contributed by atoms with Gasteiger partial charge in [0.2, 0.25) is 0 Å². The van der Waals surface area contributed by atoms with Crippen LogP contribution in [0.4, 0.5) is 5.00 Å². The van der Waals surface area contributed by atoms with Gasteiger partial charge in [0.05, 0.1) is 27.2 Å². The summed E-state index contributed by atoms with van der Waals surface area (Å²) in [6.45, 7) is 8.65. The lowest BCUT2D eigenvalue weighted by atomic mass is 10.0. The molecule has 0 saturated carbocycles. The zero-order valence-electron chi connectivity index (χ0n) is 20.0. The Balaban J connectivity index is 1.79. The average molecular weight is 484 g/mol. The van der Waals surface area contributed by atoms with Crippen LogP contribution in [0.15, 0.2) is 48.8 Å². The first kappa shape index (κ1) is 24.0. The number of thiophene rings is 1. The standard InChI is InChI=1S/C27H25N5O2S/c1-5-32(6-2)27(34)24-17(4)21(14-28)26(35-24)31-25(33)20-13-23(18-8-7-11-29-15-18)30-22-10-9-16(3)12-19(20)22/h7-13,15H,5-6H2,1-4H3,(H,31,33). The summed E-state index contributed by atoms with van der Waals surface area (Å²) in [5.74, 6) is -0.508. The number of amides is 2. The molecule has 7 nitrogen and oxygen atoms in total. The minimum atomic E-state index is -0.368. The fourth-order valence-corrected chi connectivity index (χ4v) is 5.07. The Morgan fingerprint density at radius 3 is 2.57 bits per heavy atom. The van der Waals surface area contributed by atoms with E-state index in [0.717, 1.165) is 22.5 Å². The van der Waals surface area contributed by atoms with Gasteiger partial charge in [0.15, 0.2) is 0 Å². The molecular formula is C27H25N5O2S. The van der Waals surface area contributed by atoms with Crippen LogP contribution < -0.4 is 5.32 Å². The number of carbonyl (C=O) groups is 2. The van der Waals surface area contributed by atoms with Crippen molar-refractivity contribution in [1.82, 2.24) is 14.9 Å². The van der Waals surface area contributed by atoms with E-state index in [9.17, 15) is 14.9 Å². The third-order valence-electron chi connectivity index (χ3n) is 5.90. The van der Waals surface area contributed by atoms with Crippen LogP contribution in [0.5, 0.6) is 0 Å². The predicted molar refractivity (Wildman–Crippen MR) is 139 cm³/mol. The van der Waals surface area contributed by atoms with Crippen molar-refractivity contribution >= 4 is 39.1 Å². The molecular weight excluding hydrogens is 458 g/mol. The molecule has 3 aromatic heterocycles. The molecule has 0 aliphatic heterocycles. The van der Waals surface area contributed by atoms with Crippen LogP contribution in [-0.4, -0.2) is 39.8 Å². The number of rotatable bonds is 6. The van der Waals surface area contributed by atoms with Crippen LogP contribution in [0.2, 0.25) is 0 Å². The Morgan fingerprint density at radius 1 is 1.14 bits per heavy atom. The number of hydrogen-bond acceptors (Lipinski definition) is 6. The van der Waals surface area contributed by atoms with Crippen molar-refractivity contribution in [2.45, 2.75) is 27.7 Å². The topological polar surface area (TPSA) is 99.0 Å². The van der Waals surface area contributed by atoms with Crippen molar-refractivity contribution in [3.05, 3.63) is 75.9 Å². The summed E-state index contributed by atoms with van der Waals surface area (Å²) in [6, 6.07) is 13.4. The SMILES string of the molecule is CCN(CC)C(=O)c1sc(NC(=O)c2cc(-c3cccnc3)nc3ccc(C)cc23)c(C#N)c1C. The van der Waals surface area contributed by atoms with Gasteiger partial charge in [-0.3, -0.25) is 14.6 Å². The molecule has 4 rings (SSSR count). The van der Waals surface area contributed by atoms with Gasteiger partial charge in [-0.15, -0.1) is 11.3 Å². The fourth-order valence-electron chi connectivity index (χ4n) is 3.95. The van der Waals surface area contributed by atoms with Crippen molar-refractivity contribution in [2.24, 2.45) is 0 Å². The second-order valence-corrected chi connectivity index (χ2v) is 9.14. The number of pyridine rings is 2. The van der Waals surface area contributed by atoms with Gasteiger partial charge < -0.3 is 10.2 Å². The molecule has 8 heteroatoms. The Hall–Kier alpha value is -4.09. The first-order valence-electron chi connectivity index (χ1n) is 11.3. The first-order chi connectivity index (χ1) is 16.9. The highest BCUT2D eigenvalue weighted by atomic mass is 32.1. The number of hydrogen-bond donors (Lipinski definition) is 1. The monoisotopic (exact) mass is 483 g/mol. The number of nitriles is 1. The van der Waals surface area contributed by atoms with E-state index in [4.69, 9.17) is 4.98 Å². The van der Waals surface area contributed by atoms with Crippen LogP contribution in [0, 0.1) is 25.2 Å². The lowest BCUT2D eigenvalue weighted by Crippen LogP contribution is -2.30. The van der Waals surface area contributed by atoms with E-state index in [1.807, 2.05) is 51.1 Å². The summed E-state index contributed by atoms with van der Waals surface area (Å²) in [5.41, 5.74) is 4.42. The molecule has 0 radical (unpaired) electrons. The number of anilines is 1. The van der Waals surface area contributed by atoms with Gasteiger partial charge in [-0.2, -0.15) is 5.26 Å². The number of aromatic nitrogens is 2. The maximum atomic E-state index is 13.6. The van der Waals surface area contributed by atoms with Crippen LogP contribution in [-0.2, 0) is 0 Å². The van der Waals surface area contributed by atoms with Crippen LogP contribution in [0.1, 0.15) is 50.6 Å². The number of nitrogens with one attached hydrogen (secondary N) is 1. The van der Waals surface area contributed by atoms with Gasteiger partial charge in [0.25, 0.3) is 11.8 Å². The molecule has 176 valence electrons. The minimum Gasteiger partial charge on any atom is -0.338 e. The number of aryl methyl sites for hydroxylation is 1. The van der Waals surface area contributed by atoms with E-state index < -0.39 is 0 Å². The lowest BCUT2D eigenvalue weighted by molar-refractivity contribution is 0.0777. The second-order valence-electron chi connectivity index (χ2n) is 8.12. The first-order valence-corrected chi connectivity index (χ1v) is 12.1. The van der Waals surface area contributed by atoms with Gasteiger partial charge in [-0.05, 0) is 63.6 Å². The van der Waals surface area contributed by atoms with Crippen LogP contribution >= 0.6 is 11.3 Å². The molecule has 0 unspecified atom stereocenters. The van der Waals surface area contributed by atoms with Crippen LogP contribution in [0.3, 0.4) is 0 Å². The van der Waals surface area contributed by atoms with Gasteiger partial charge in [0.1, 0.15) is 11.1 Å². The molecule has 0 fully saturated rings. The fraction of sp³-hybridized carbons (Fsp3) is 0.222.